The smallest absolute Gasteiger partial charge is 0.247 e. The number of nitrogens with one attached hydrogen (secondary N) is 1. The Balaban J connectivity index is 2.29. The van der Waals surface area contributed by atoms with Gasteiger partial charge in [0.2, 0.25) is 15.9 Å². The molecule has 1 aromatic carbocycles. The van der Waals surface area contributed by atoms with Crippen molar-refractivity contribution in [2.24, 2.45) is 0 Å². The molecule has 1 aromatic rings. The fourth-order valence-corrected chi connectivity index (χ4v) is 5.32. The number of amides is 1. The number of halogens is 2. The fraction of sp³-hybridized carbons (Fsp3) is 0.500. The van der Waals surface area contributed by atoms with E-state index >= 15 is 0 Å². The molecule has 0 bridgehead atoms. The molecule has 1 aliphatic rings. The van der Waals surface area contributed by atoms with E-state index in [2.05, 4.69) is 5.32 Å². The number of hydrogen-bond donors (Lipinski definition) is 1. The Morgan fingerprint density at radius 3 is 2.78 bits per heavy atom. The minimum atomic E-state index is -4.21. The highest BCUT2D eigenvalue weighted by molar-refractivity contribution is 8.00. The molecule has 1 saturated heterocycles. The summed E-state index contributed by atoms with van der Waals surface area (Å²) in [4.78, 5) is 11.6. The third kappa shape index (κ3) is 3.84. The Morgan fingerprint density at radius 2 is 2.17 bits per heavy atom. The van der Waals surface area contributed by atoms with Crippen LogP contribution in [0.15, 0.2) is 23.1 Å². The summed E-state index contributed by atoms with van der Waals surface area (Å²) in [7, 11) is -4.21. The summed E-state index contributed by atoms with van der Waals surface area (Å²) in [5.74, 6) is -2.08. The summed E-state index contributed by atoms with van der Waals surface area (Å²) in [6, 6.07) is 1.30. The molecular weight excluding hydrogens is 346 g/mol. The lowest BCUT2D eigenvalue weighted by Gasteiger charge is -2.24. The number of rotatable bonds is 5. The summed E-state index contributed by atoms with van der Waals surface area (Å²) in [6.07, 6.45) is 0.713. The summed E-state index contributed by atoms with van der Waals surface area (Å²) in [5.41, 5.74) is 0. The summed E-state index contributed by atoms with van der Waals surface area (Å²) in [6.45, 7) is 3.72. The molecule has 1 fully saturated rings. The Hall–Kier alpha value is -1.19. The van der Waals surface area contributed by atoms with Crippen molar-refractivity contribution < 1.29 is 22.0 Å². The van der Waals surface area contributed by atoms with E-state index < -0.39 is 38.5 Å². The third-order valence-electron chi connectivity index (χ3n) is 3.63. The van der Waals surface area contributed by atoms with Crippen LogP contribution in [-0.2, 0) is 14.8 Å². The molecule has 23 heavy (non-hydrogen) atoms. The average Bonchev–Trinajstić information content (AvgIpc) is 2.96. The van der Waals surface area contributed by atoms with Crippen molar-refractivity contribution in [1.82, 2.24) is 9.62 Å². The molecule has 1 N–H and O–H groups in total. The molecule has 0 aromatic heterocycles. The van der Waals surface area contributed by atoms with Gasteiger partial charge < -0.3 is 5.32 Å². The molecule has 9 heteroatoms. The number of nitrogens with zero attached hydrogens (tertiary/aromatic N) is 1. The van der Waals surface area contributed by atoms with Gasteiger partial charge in [0.05, 0.1) is 5.88 Å². The van der Waals surface area contributed by atoms with Gasteiger partial charge in [0, 0.05) is 17.9 Å². The van der Waals surface area contributed by atoms with Crippen LogP contribution in [0, 0.1) is 11.6 Å². The van der Waals surface area contributed by atoms with Crippen LogP contribution in [0.5, 0.6) is 0 Å². The Morgan fingerprint density at radius 1 is 1.48 bits per heavy atom. The SMILES string of the molecule is CC[C@@H](C)NC(=O)[C@@H]1CSCN1S(=O)(=O)c1ccc(F)cc1F. The van der Waals surface area contributed by atoms with Gasteiger partial charge in [-0.2, -0.15) is 4.31 Å². The maximum atomic E-state index is 13.8. The van der Waals surface area contributed by atoms with Crippen molar-refractivity contribution in [3.05, 3.63) is 29.8 Å². The van der Waals surface area contributed by atoms with E-state index in [0.29, 0.717) is 18.2 Å². The maximum Gasteiger partial charge on any atom is 0.247 e. The number of thioether (sulfide) groups is 1. The molecule has 0 aliphatic carbocycles. The average molecular weight is 364 g/mol. The van der Waals surface area contributed by atoms with Gasteiger partial charge in [-0.1, -0.05) is 6.92 Å². The molecule has 0 radical (unpaired) electrons. The molecule has 1 aliphatic heterocycles. The van der Waals surface area contributed by atoms with Gasteiger partial charge in [-0.15, -0.1) is 11.8 Å². The first-order chi connectivity index (χ1) is 10.8. The van der Waals surface area contributed by atoms with Crippen LogP contribution in [-0.4, -0.2) is 42.3 Å². The van der Waals surface area contributed by atoms with Gasteiger partial charge in [0.15, 0.2) is 0 Å². The molecule has 2 atom stereocenters. The van der Waals surface area contributed by atoms with Gasteiger partial charge in [0.1, 0.15) is 22.6 Å². The van der Waals surface area contributed by atoms with Crippen molar-refractivity contribution in [1.29, 1.82) is 0 Å². The Bertz CT molecular complexity index is 697. The van der Waals surface area contributed by atoms with Crippen molar-refractivity contribution in [2.75, 3.05) is 11.6 Å². The predicted octanol–water partition coefficient (Wildman–Crippen LogP) is 1.94. The van der Waals surface area contributed by atoms with E-state index in [1.54, 1.807) is 0 Å². The zero-order valence-electron chi connectivity index (χ0n) is 12.8. The number of benzene rings is 1. The van der Waals surface area contributed by atoms with Crippen molar-refractivity contribution >= 4 is 27.7 Å². The number of carbonyl (C=O) groups excluding carboxylic acids is 1. The van der Waals surface area contributed by atoms with Crippen LogP contribution in [0.3, 0.4) is 0 Å². The maximum absolute atomic E-state index is 13.8. The fourth-order valence-electron chi connectivity index (χ4n) is 2.12. The largest absolute Gasteiger partial charge is 0.352 e. The van der Waals surface area contributed by atoms with Gasteiger partial charge >= 0.3 is 0 Å². The van der Waals surface area contributed by atoms with Crippen LogP contribution in [0.25, 0.3) is 0 Å². The molecule has 2 rings (SSSR count). The molecule has 1 heterocycles. The molecule has 0 unspecified atom stereocenters. The first-order valence-corrected chi connectivity index (χ1v) is 9.71. The van der Waals surface area contributed by atoms with Crippen LogP contribution in [0.4, 0.5) is 8.78 Å². The van der Waals surface area contributed by atoms with Gasteiger partial charge in [-0.05, 0) is 25.5 Å². The topological polar surface area (TPSA) is 66.5 Å². The highest BCUT2D eigenvalue weighted by Gasteiger charge is 2.41. The van der Waals surface area contributed by atoms with E-state index in [0.717, 1.165) is 16.4 Å². The Kier molecular flexibility index (Phi) is 5.64. The van der Waals surface area contributed by atoms with Crippen LogP contribution < -0.4 is 5.32 Å². The number of hydrogen-bond acceptors (Lipinski definition) is 4. The lowest BCUT2D eigenvalue weighted by molar-refractivity contribution is -0.124. The van der Waals surface area contributed by atoms with E-state index in [1.807, 2.05) is 13.8 Å². The number of sulfonamides is 1. The lowest BCUT2D eigenvalue weighted by Crippen LogP contribution is -2.49. The van der Waals surface area contributed by atoms with Gasteiger partial charge in [0.25, 0.3) is 0 Å². The van der Waals surface area contributed by atoms with Crippen LogP contribution in [0.1, 0.15) is 20.3 Å². The Labute approximate surface area is 138 Å². The normalized spacial score (nSPS) is 20.4. The van der Waals surface area contributed by atoms with E-state index in [4.69, 9.17) is 0 Å². The second-order valence-electron chi connectivity index (χ2n) is 5.30. The molecule has 1 amide bonds. The summed E-state index contributed by atoms with van der Waals surface area (Å²) < 4.78 is 53.0. The van der Waals surface area contributed by atoms with E-state index in [-0.39, 0.29) is 11.9 Å². The standard InChI is InChI=1S/C14H18F2N2O3S2/c1-3-9(2)17-14(19)12-7-22-8-18(12)23(20,21)13-5-4-10(15)6-11(13)16/h4-6,9,12H,3,7-8H2,1-2H3,(H,17,19)/t9-,12+/m1/s1. The minimum Gasteiger partial charge on any atom is -0.352 e. The van der Waals surface area contributed by atoms with E-state index in [1.165, 1.54) is 11.8 Å². The molecule has 5 nitrogen and oxygen atoms in total. The minimum absolute atomic E-state index is 0.0533. The molecular formula is C14H18F2N2O3S2. The van der Waals surface area contributed by atoms with Crippen LogP contribution >= 0.6 is 11.8 Å². The zero-order chi connectivity index (χ0) is 17.2. The first-order valence-electron chi connectivity index (χ1n) is 7.12. The second-order valence-corrected chi connectivity index (χ2v) is 8.16. The summed E-state index contributed by atoms with van der Waals surface area (Å²) in [5, 5.41) is 2.74. The third-order valence-corrected chi connectivity index (χ3v) is 6.69. The highest BCUT2D eigenvalue weighted by atomic mass is 32.2. The van der Waals surface area contributed by atoms with Crippen LogP contribution in [0.2, 0.25) is 0 Å². The van der Waals surface area contributed by atoms with Crippen molar-refractivity contribution in [2.45, 2.75) is 37.2 Å². The van der Waals surface area contributed by atoms with Crippen molar-refractivity contribution in [3.8, 4) is 0 Å². The van der Waals surface area contributed by atoms with Gasteiger partial charge in [-0.3, -0.25) is 4.79 Å². The quantitative estimate of drug-likeness (QED) is 0.867. The zero-order valence-corrected chi connectivity index (χ0v) is 14.4. The second kappa shape index (κ2) is 7.14. The molecule has 0 spiro atoms. The highest BCUT2D eigenvalue weighted by Crippen LogP contribution is 2.29. The molecule has 0 saturated carbocycles. The van der Waals surface area contributed by atoms with E-state index in [9.17, 15) is 22.0 Å². The number of carbonyl (C=O) groups is 1. The first kappa shape index (κ1) is 18.2. The molecule has 128 valence electrons. The lowest BCUT2D eigenvalue weighted by atomic mass is 10.2. The van der Waals surface area contributed by atoms with Crippen molar-refractivity contribution in [3.63, 3.8) is 0 Å². The van der Waals surface area contributed by atoms with Gasteiger partial charge in [-0.25, -0.2) is 17.2 Å². The predicted molar refractivity (Wildman–Crippen MR) is 84.4 cm³/mol. The summed E-state index contributed by atoms with van der Waals surface area (Å²) >= 11 is 1.27. The monoisotopic (exact) mass is 364 g/mol.